The monoisotopic (exact) mass is 410 g/mol. The number of rotatable bonds is 5. The van der Waals surface area contributed by atoms with Crippen molar-refractivity contribution in [3.8, 4) is 0 Å². The van der Waals surface area contributed by atoms with Crippen LogP contribution in [0.4, 0.5) is 0 Å². The first kappa shape index (κ1) is 19.6. The number of nitrogens with zero attached hydrogens (tertiary/aromatic N) is 2. The van der Waals surface area contributed by atoms with Gasteiger partial charge in [0.05, 0.1) is 0 Å². The molecule has 0 saturated carbocycles. The molecule has 4 aromatic rings. The molecule has 1 saturated heterocycles. The maximum Gasteiger partial charge on any atom is 0.223 e. The Morgan fingerprint density at radius 2 is 1.45 bits per heavy atom. The first-order valence-electron chi connectivity index (χ1n) is 11.0. The SMILES string of the molecule is O=C(CC(c1ccccc1)c1ccccc1)N1CCC(c2nc3ccccc3o2)CC1. The van der Waals surface area contributed by atoms with Crippen LogP contribution < -0.4 is 0 Å². The second-order valence-corrected chi connectivity index (χ2v) is 8.25. The summed E-state index contributed by atoms with van der Waals surface area (Å²) < 4.78 is 5.97. The average Bonchev–Trinajstić information content (AvgIpc) is 3.28. The molecule has 1 aliphatic rings. The molecule has 1 amide bonds. The molecule has 4 heteroatoms. The van der Waals surface area contributed by atoms with Gasteiger partial charge in [-0.3, -0.25) is 4.79 Å². The fraction of sp³-hybridized carbons (Fsp3) is 0.259. The van der Waals surface area contributed by atoms with Crippen molar-refractivity contribution in [2.75, 3.05) is 13.1 Å². The third-order valence-electron chi connectivity index (χ3n) is 6.29. The third-order valence-corrected chi connectivity index (χ3v) is 6.29. The van der Waals surface area contributed by atoms with Gasteiger partial charge in [-0.15, -0.1) is 0 Å². The number of hydrogen-bond donors (Lipinski definition) is 0. The van der Waals surface area contributed by atoms with Crippen LogP contribution in [-0.2, 0) is 4.79 Å². The highest BCUT2D eigenvalue weighted by atomic mass is 16.3. The van der Waals surface area contributed by atoms with Crippen molar-refractivity contribution in [3.63, 3.8) is 0 Å². The van der Waals surface area contributed by atoms with Crippen molar-refractivity contribution in [3.05, 3.63) is 102 Å². The normalized spacial score (nSPS) is 14.9. The minimum atomic E-state index is 0.0738. The second-order valence-electron chi connectivity index (χ2n) is 8.25. The lowest BCUT2D eigenvalue weighted by atomic mass is 9.87. The van der Waals surface area contributed by atoms with Crippen molar-refractivity contribution in [1.82, 2.24) is 9.88 Å². The van der Waals surface area contributed by atoms with Crippen molar-refractivity contribution >= 4 is 17.0 Å². The van der Waals surface area contributed by atoms with E-state index < -0.39 is 0 Å². The first-order valence-corrected chi connectivity index (χ1v) is 11.0. The van der Waals surface area contributed by atoms with Gasteiger partial charge in [0.15, 0.2) is 11.5 Å². The van der Waals surface area contributed by atoms with E-state index in [2.05, 4.69) is 29.2 Å². The third kappa shape index (κ3) is 4.24. The number of aromatic nitrogens is 1. The molecule has 5 rings (SSSR count). The highest BCUT2D eigenvalue weighted by Gasteiger charge is 2.28. The van der Waals surface area contributed by atoms with Crippen LogP contribution in [0.15, 0.2) is 89.3 Å². The van der Waals surface area contributed by atoms with Crippen molar-refractivity contribution < 1.29 is 9.21 Å². The predicted molar refractivity (Wildman–Crippen MR) is 122 cm³/mol. The fourth-order valence-corrected chi connectivity index (χ4v) is 4.54. The zero-order chi connectivity index (χ0) is 21.0. The van der Waals surface area contributed by atoms with E-state index in [1.807, 2.05) is 65.6 Å². The Labute approximate surface area is 182 Å². The molecule has 3 aromatic carbocycles. The molecule has 2 heterocycles. The summed E-state index contributed by atoms with van der Waals surface area (Å²) in [5, 5.41) is 0. The Morgan fingerprint density at radius 3 is 2.06 bits per heavy atom. The van der Waals surface area contributed by atoms with Crippen LogP contribution in [0, 0.1) is 0 Å². The molecule has 0 aliphatic carbocycles. The van der Waals surface area contributed by atoms with Gasteiger partial charge < -0.3 is 9.32 Å². The lowest BCUT2D eigenvalue weighted by Gasteiger charge is -2.32. The minimum absolute atomic E-state index is 0.0738. The molecule has 156 valence electrons. The fourth-order valence-electron chi connectivity index (χ4n) is 4.54. The van der Waals surface area contributed by atoms with Crippen LogP contribution in [0.2, 0.25) is 0 Å². The minimum Gasteiger partial charge on any atom is -0.440 e. The smallest absolute Gasteiger partial charge is 0.223 e. The summed E-state index contributed by atoms with van der Waals surface area (Å²) in [4.78, 5) is 19.9. The number of fused-ring (bicyclic) bond motifs is 1. The number of oxazole rings is 1. The Hall–Kier alpha value is -3.40. The van der Waals surface area contributed by atoms with Crippen LogP contribution in [-0.4, -0.2) is 28.9 Å². The molecule has 0 atom stereocenters. The second kappa shape index (κ2) is 8.76. The first-order chi connectivity index (χ1) is 15.3. The van der Waals surface area contributed by atoms with Gasteiger partial charge in [-0.25, -0.2) is 4.98 Å². The number of carbonyl (C=O) groups excluding carboxylic acids is 1. The van der Waals surface area contributed by atoms with E-state index >= 15 is 0 Å². The number of hydrogen-bond acceptors (Lipinski definition) is 3. The van der Waals surface area contributed by atoms with E-state index in [1.54, 1.807) is 0 Å². The molecule has 1 fully saturated rings. The lowest BCUT2D eigenvalue weighted by Crippen LogP contribution is -2.38. The largest absolute Gasteiger partial charge is 0.440 e. The Bertz CT molecular complexity index is 1070. The van der Waals surface area contributed by atoms with Crippen molar-refractivity contribution in [1.29, 1.82) is 0 Å². The van der Waals surface area contributed by atoms with E-state index in [0.717, 1.165) is 42.9 Å². The average molecular weight is 411 g/mol. The molecule has 1 aromatic heterocycles. The van der Waals surface area contributed by atoms with Gasteiger partial charge in [0.2, 0.25) is 5.91 Å². The lowest BCUT2D eigenvalue weighted by molar-refractivity contribution is -0.132. The van der Waals surface area contributed by atoms with E-state index in [4.69, 9.17) is 4.42 Å². The maximum atomic E-state index is 13.2. The summed E-state index contributed by atoms with van der Waals surface area (Å²) >= 11 is 0. The molecule has 0 bridgehead atoms. The number of likely N-dealkylation sites (tertiary alicyclic amines) is 1. The summed E-state index contributed by atoms with van der Waals surface area (Å²) in [5.41, 5.74) is 4.11. The number of carbonyl (C=O) groups is 1. The van der Waals surface area contributed by atoms with Gasteiger partial charge in [0.25, 0.3) is 0 Å². The summed E-state index contributed by atoms with van der Waals surface area (Å²) in [6.45, 7) is 1.50. The molecular formula is C27H26N2O2. The van der Waals surface area contributed by atoms with E-state index in [1.165, 1.54) is 11.1 Å². The van der Waals surface area contributed by atoms with Crippen LogP contribution >= 0.6 is 0 Å². The molecule has 0 spiro atoms. The van der Waals surface area contributed by atoms with E-state index in [-0.39, 0.29) is 17.7 Å². The van der Waals surface area contributed by atoms with Gasteiger partial charge in [0.1, 0.15) is 5.52 Å². The number of benzene rings is 3. The van der Waals surface area contributed by atoms with Crippen molar-refractivity contribution in [2.45, 2.75) is 31.1 Å². The zero-order valence-corrected chi connectivity index (χ0v) is 17.5. The highest BCUT2D eigenvalue weighted by molar-refractivity contribution is 5.78. The van der Waals surface area contributed by atoms with Crippen LogP contribution in [0.3, 0.4) is 0 Å². The molecule has 4 nitrogen and oxygen atoms in total. The Morgan fingerprint density at radius 1 is 0.871 bits per heavy atom. The maximum absolute atomic E-state index is 13.2. The van der Waals surface area contributed by atoms with E-state index in [0.29, 0.717) is 6.42 Å². The van der Waals surface area contributed by atoms with Gasteiger partial charge in [-0.05, 0) is 36.1 Å². The summed E-state index contributed by atoms with van der Waals surface area (Å²) in [7, 11) is 0. The topological polar surface area (TPSA) is 46.3 Å². The van der Waals surface area contributed by atoms with Crippen molar-refractivity contribution in [2.24, 2.45) is 0 Å². The van der Waals surface area contributed by atoms with E-state index in [9.17, 15) is 4.79 Å². The van der Waals surface area contributed by atoms with Gasteiger partial charge in [-0.1, -0.05) is 72.8 Å². The molecule has 1 aliphatic heterocycles. The predicted octanol–water partition coefficient (Wildman–Crippen LogP) is 5.76. The quantitative estimate of drug-likeness (QED) is 0.420. The number of piperidine rings is 1. The highest BCUT2D eigenvalue weighted by Crippen LogP contribution is 2.32. The summed E-state index contributed by atoms with van der Waals surface area (Å²) in [6, 6.07) is 28.6. The van der Waals surface area contributed by atoms with Crippen LogP contribution in [0.1, 0.15) is 48.1 Å². The molecule has 31 heavy (non-hydrogen) atoms. The van der Waals surface area contributed by atoms with Gasteiger partial charge in [-0.2, -0.15) is 0 Å². The Kier molecular flexibility index (Phi) is 5.53. The molecular weight excluding hydrogens is 384 g/mol. The Balaban J connectivity index is 1.27. The molecule has 0 unspecified atom stereocenters. The van der Waals surface area contributed by atoms with Gasteiger partial charge in [0, 0.05) is 31.3 Å². The zero-order valence-electron chi connectivity index (χ0n) is 17.5. The summed E-state index contributed by atoms with van der Waals surface area (Å²) in [6.07, 6.45) is 2.27. The summed E-state index contributed by atoms with van der Waals surface area (Å²) in [5.74, 6) is 1.37. The van der Waals surface area contributed by atoms with Gasteiger partial charge >= 0.3 is 0 Å². The molecule has 0 N–H and O–H groups in total. The molecule has 0 radical (unpaired) electrons. The standard InChI is InChI=1S/C27H26N2O2/c30-26(19-23(20-9-3-1-4-10-20)21-11-5-2-6-12-21)29-17-15-22(16-18-29)27-28-24-13-7-8-14-25(24)31-27/h1-14,22-23H,15-19H2. The number of amides is 1. The number of para-hydroxylation sites is 2. The van der Waals surface area contributed by atoms with Crippen LogP contribution in [0.25, 0.3) is 11.1 Å². The van der Waals surface area contributed by atoms with Crippen LogP contribution in [0.5, 0.6) is 0 Å².